The van der Waals surface area contributed by atoms with Crippen LogP contribution in [0.15, 0.2) is 73.0 Å². The number of hydrogen-bond acceptors (Lipinski definition) is 4. The van der Waals surface area contributed by atoms with Crippen LogP contribution in [0.4, 0.5) is 13.2 Å². The van der Waals surface area contributed by atoms with Crippen molar-refractivity contribution in [3.8, 4) is 5.75 Å². The van der Waals surface area contributed by atoms with Crippen molar-refractivity contribution in [1.82, 2.24) is 10.2 Å². The zero-order valence-corrected chi connectivity index (χ0v) is 20.0. The summed E-state index contributed by atoms with van der Waals surface area (Å²) in [6, 6.07) is 15.5. The van der Waals surface area contributed by atoms with Crippen LogP contribution in [0.2, 0.25) is 0 Å². The Morgan fingerprint density at radius 3 is 2.67 bits per heavy atom. The fourth-order valence-electron chi connectivity index (χ4n) is 5.74. The minimum atomic E-state index is -5.01. The van der Waals surface area contributed by atoms with E-state index in [1.807, 2.05) is 12.1 Å². The van der Waals surface area contributed by atoms with Gasteiger partial charge in [0.05, 0.1) is 6.17 Å². The number of halogens is 3. The lowest BCUT2D eigenvalue weighted by atomic mass is 9.58. The monoisotopic (exact) mass is 500 g/mol. The highest BCUT2D eigenvalue weighted by Gasteiger charge is 2.49. The molecule has 2 N–H and O–H groups in total. The van der Waals surface area contributed by atoms with Crippen molar-refractivity contribution in [2.45, 2.75) is 50.0 Å². The summed E-state index contributed by atoms with van der Waals surface area (Å²) in [5.74, 6) is -1.29. The highest BCUT2D eigenvalue weighted by atomic mass is 19.4. The molecule has 0 spiro atoms. The van der Waals surface area contributed by atoms with Gasteiger partial charge in [-0.15, -0.1) is 19.8 Å². The van der Waals surface area contributed by atoms with Crippen LogP contribution in [0.5, 0.6) is 5.75 Å². The number of ether oxygens (including phenoxy) is 1. The molecule has 0 aromatic heterocycles. The van der Waals surface area contributed by atoms with Gasteiger partial charge in [0.2, 0.25) is 0 Å². The van der Waals surface area contributed by atoms with Gasteiger partial charge in [0.1, 0.15) is 5.75 Å². The molecule has 0 bridgehead atoms. The Labute approximate surface area is 209 Å². The first kappa shape index (κ1) is 25.8. The summed E-state index contributed by atoms with van der Waals surface area (Å²) in [7, 11) is 0. The molecule has 2 aliphatic rings. The van der Waals surface area contributed by atoms with E-state index in [0.29, 0.717) is 25.1 Å². The van der Waals surface area contributed by atoms with Gasteiger partial charge in [-0.05, 0) is 54.5 Å². The fraction of sp³-hybridized carbons (Fsp3) is 0.393. The maximum atomic E-state index is 13.2. The SMILES string of the molecule is C=CCN1CC2CCCC[C@@]2(c2cccc(O)c2)C[C@H]1NC(=O)C(=Cc1ccccc1)OC(F)(F)F. The minimum absolute atomic E-state index is 0.173. The van der Waals surface area contributed by atoms with Gasteiger partial charge >= 0.3 is 6.36 Å². The zero-order valence-electron chi connectivity index (χ0n) is 20.0. The Morgan fingerprint density at radius 1 is 1.19 bits per heavy atom. The van der Waals surface area contributed by atoms with Crippen LogP contribution < -0.4 is 5.32 Å². The average molecular weight is 501 g/mol. The second-order valence-corrected chi connectivity index (χ2v) is 9.55. The molecule has 5 nitrogen and oxygen atoms in total. The number of carbonyl (C=O) groups is 1. The van der Waals surface area contributed by atoms with E-state index in [1.165, 1.54) is 0 Å². The molecule has 1 saturated carbocycles. The predicted molar refractivity (Wildman–Crippen MR) is 132 cm³/mol. The van der Waals surface area contributed by atoms with E-state index in [9.17, 15) is 23.1 Å². The molecule has 1 amide bonds. The Balaban J connectivity index is 1.66. The Hall–Kier alpha value is -3.26. The van der Waals surface area contributed by atoms with Gasteiger partial charge in [-0.2, -0.15) is 0 Å². The number of phenols is 1. The number of nitrogens with one attached hydrogen (secondary N) is 1. The molecule has 3 atom stereocenters. The van der Waals surface area contributed by atoms with Crippen molar-refractivity contribution in [3.63, 3.8) is 0 Å². The lowest BCUT2D eigenvalue weighted by molar-refractivity contribution is -0.304. The predicted octanol–water partition coefficient (Wildman–Crippen LogP) is 5.73. The van der Waals surface area contributed by atoms with Gasteiger partial charge in [0.15, 0.2) is 5.76 Å². The summed E-state index contributed by atoms with van der Waals surface area (Å²) >= 11 is 0. The molecule has 1 saturated heterocycles. The molecule has 1 aliphatic heterocycles. The highest BCUT2D eigenvalue weighted by Crippen LogP contribution is 2.50. The van der Waals surface area contributed by atoms with Crippen LogP contribution in [-0.4, -0.2) is 41.5 Å². The first-order valence-corrected chi connectivity index (χ1v) is 12.2. The molecule has 2 fully saturated rings. The molecule has 1 heterocycles. The quantitative estimate of drug-likeness (QED) is 0.290. The molecule has 1 unspecified atom stereocenters. The van der Waals surface area contributed by atoms with Gasteiger partial charge in [-0.1, -0.05) is 61.4 Å². The fourth-order valence-corrected chi connectivity index (χ4v) is 5.74. The number of aromatic hydroxyl groups is 1. The van der Waals surface area contributed by atoms with Crippen molar-refractivity contribution < 1.29 is 27.8 Å². The third-order valence-electron chi connectivity index (χ3n) is 7.29. The molecule has 8 heteroatoms. The summed E-state index contributed by atoms with van der Waals surface area (Å²) in [4.78, 5) is 15.3. The van der Waals surface area contributed by atoms with E-state index >= 15 is 0 Å². The molecule has 0 radical (unpaired) electrons. The van der Waals surface area contributed by atoms with Crippen LogP contribution in [0.3, 0.4) is 0 Å². The number of hydrogen-bond donors (Lipinski definition) is 2. The first-order chi connectivity index (χ1) is 17.2. The number of alkyl halides is 3. The summed E-state index contributed by atoms with van der Waals surface area (Å²) in [5.41, 5.74) is 1.11. The number of carbonyl (C=O) groups excluding carboxylic acids is 1. The summed E-state index contributed by atoms with van der Waals surface area (Å²) in [5, 5.41) is 13.0. The summed E-state index contributed by atoms with van der Waals surface area (Å²) in [6.07, 6.45) is 1.75. The Kier molecular flexibility index (Phi) is 7.73. The number of phenolic OH excluding ortho intramolecular Hbond substituents is 1. The molecule has 192 valence electrons. The third-order valence-corrected chi connectivity index (χ3v) is 7.29. The van der Waals surface area contributed by atoms with Crippen molar-refractivity contribution in [2.75, 3.05) is 13.1 Å². The van der Waals surface area contributed by atoms with Crippen molar-refractivity contribution >= 4 is 12.0 Å². The third kappa shape index (κ3) is 5.93. The van der Waals surface area contributed by atoms with Gasteiger partial charge in [0, 0.05) is 18.5 Å². The van der Waals surface area contributed by atoms with Gasteiger partial charge in [-0.3, -0.25) is 9.69 Å². The van der Waals surface area contributed by atoms with E-state index in [1.54, 1.807) is 48.5 Å². The maximum Gasteiger partial charge on any atom is 0.573 e. The van der Waals surface area contributed by atoms with Crippen LogP contribution in [0, 0.1) is 5.92 Å². The topological polar surface area (TPSA) is 61.8 Å². The first-order valence-electron chi connectivity index (χ1n) is 12.2. The maximum absolute atomic E-state index is 13.2. The lowest BCUT2D eigenvalue weighted by Crippen LogP contribution is -2.61. The smallest absolute Gasteiger partial charge is 0.508 e. The number of piperidine rings is 1. The van der Waals surface area contributed by atoms with Crippen LogP contribution in [0.25, 0.3) is 6.08 Å². The number of nitrogens with zero attached hydrogens (tertiary/aromatic N) is 1. The molecular weight excluding hydrogens is 469 g/mol. The second-order valence-electron chi connectivity index (χ2n) is 9.55. The van der Waals surface area contributed by atoms with E-state index < -0.39 is 24.2 Å². The number of benzene rings is 2. The minimum Gasteiger partial charge on any atom is -0.508 e. The van der Waals surface area contributed by atoms with Crippen molar-refractivity contribution in [1.29, 1.82) is 0 Å². The van der Waals surface area contributed by atoms with Crippen LogP contribution >= 0.6 is 0 Å². The zero-order chi connectivity index (χ0) is 25.8. The van der Waals surface area contributed by atoms with E-state index in [-0.39, 0.29) is 17.1 Å². The number of amides is 1. The van der Waals surface area contributed by atoms with E-state index in [4.69, 9.17) is 0 Å². The Bertz CT molecular complexity index is 1100. The molecular formula is C28H31F3N2O3. The van der Waals surface area contributed by atoms with Crippen molar-refractivity contribution in [2.24, 2.45) is 5.92 Å². The number of likely N-dealkylation sites (tertiary alicyclic amines) is 1. The molecule has 4 rings (SSSR count). The number of rotatable bonds is 7. The van der Waals surface area contributed by atoms with Gasteiger partial charge in [-0.25, -0.2) is 0 Å². The molecule has 1 aliphatic carbocycles. The Morgan fingerprint density at radius 2 is 1.97 bits per heavy atom. The van der Waals surface area contributed by atoms with E-state index in [0.717, 1.165) is 37.3 Å². The normalized spacial score (nSPS) is 25.0. The summed E-state index contributed by atoms with van der Waals surface area (Å²) in [6.45, 7) is 4.97. The number of fused-ring (bicyclic) bond motifs is 1. The second kappa shape index (κ2) is 10.8. The van der Waals surface area contributed by atoms with Gasteiger partial charge < -0.3 is 15.2 Å². The average Bonchev–Trinajstić information content (AvgIpc) is 2.84. The largest absolute Gasteiger partial charge is 0.573 e. The van der Waals surface area contributed by atoms with Crippen LogP contribution in [0.1, 0.15) is 43.2 Å². The van der Waals surface area contributed by atoms with Gasteiger partial charge in [0.25, 0.3) is 5.91 Å². The van der Waals surface area contributed by atoms with Crippen LogP contribution in [-0.2, 0) is 14.9 Å². The molecule has 36 heavy (non-hydrogen) atoms. The molecule has 2 aromatic carbocycles. The standard InChI is InChI=1S/C28H31F3N2O3/c1-2-15-33-19-22-11-6-7-14-27(22,21-12-8-13-23(34)17-21)18-25(33)32-26(35)24(36-28(29,30)31)16-20-9-4-3-5-10-20/h2-5,8-10,12-13,16-17,22,25,34H,1,6-7,11,14-15,18-19H2,(H,32,35)/t22?,25-,27-/m0/s1. The van der Waals surface area contributed by atoms with E-state index in [2.05, 4.69) is 21.5 Å². The highest BCUT2D eigenvalue weighted by molar-refractivity contribution is 5.96. The van der Waals surface area contributed by atoms with Crippen molar-refractivity contribution in [3.05, 3.63) is 84.1 Å². The molecule has 2 aromatic rings. The lowest BCUT2D eigenvalue weighted by Gasteiger charge is -2.54. The summed E-state index contributed by atoms with van der Waals surface area (Å²) < 4.78 is 43.7.